The van der Waals surface area contributed by atoms with Crippen molar-refractivity contribution in [1.29, 1.82) is 0 Å². The quantitative estimate of drug-likeness (QED) is 0.434. The molecule has 0 aromatic rings. The summed E-state index contributed by atoms with van der Waals surface area (Å²) in [6.45, 7) is 13.6. The van der Waals surface area contributed by atoms with Crippen molar-refractivity contribution >= 4 is 11.9 Å². The van der Waals surface area contributed by atoms with Crippen molar-refractivity contribution in [1.82, 2.24) is 0 Å². The molecule has 0 aliphatic heterocycles. The molecule has 0 amide bonds. The highest BCUT2D eigenvalue weighted by Crippen LogP contribution is 2.62. The van der Waals surface area contributed by atoms with E-state index in [1.807, 2.05) is 6.92 Å². The first-order valence-electron chi connectivity index (χ1n) is 12.1. The van der Waals surface area contributed by atoms with Crippen LogP contribution in [0.4, 0.5) is 0 Å². The average Bonchev–Trinajstić information content (AvgIpc) is 2.74. The van der Waals surface area contributed by atoms with Crippen molar-refractivity contribution in [3.8, 4) is 0 Å². The summed E-state index contributed by atoms with van der Waals surface area (Å²) in [5, 5.41) is 10.1. The summed E-state index contributed by atoms with van der Waals surface area (Å²) in [7, 11) is 0. The molecule has 178 valence electrons. The van der Waals surface area contributed by atoms with Crippen LogP contribution in [0.25, 0.3) is 0 Å². The van der Waals surface area contributed by atoms with Crippen molar-refractivity contribution in [3.63, 3.8) is 0 Å². The van der Waals surface area contributed by atoms with E-state index in [1.54, 1.807) is 6.92 Å². The highest BCUT2D eigenvalue weighted by atomic mass is 16.6. The minimum atomic E-state index is -1.04. The summed E-state index contributed by atoms with van der Waals surface area (Å²) in [4.78, 5) is 24.8. The van der Waals surface area contributed by atoms with Gasteiger partial charge in [-0.3, -0.25) is 4.79 Å². The molecule has 1 saturated carbocycles. The number of rotatable bonds is 7. The number of esters is 2. The molecule has 3 aliphatic carbocycles. The fraction of sp³-hybridized carbons (Fsp3) is 0.704. The first-order chi connectivity index (χ1) is 15.0. The Morgan fingerprint density at radius 2 is 1.91 bits per heavy atom. The van der Waals surface area contributed by atoms with Crippen molar-refractivity contribution in [2.75, 3.05) is 13.2 Å². The van der Waals surface area contributed by atoms with Gasteiger partial charge in [-0.05, 0) is 74.7 Å². The molecule has 0 heterocycles. The molecule has 0 radical (unpaired) electrons. The van der Waals surface area contributed by atoms with Gasteiger partial charge in [-0.1, -0.05) is 51.5 Å². The number of allylic oxidation sites excluding steroid dienone is 4. The molecular formula is C27H40O5. The van der Waals surface area contributed by atoms with Crippen molar-refractivity contribution in [2.45, 2.75) is 79.2 Å². The van der Waals surface area contributed by atoms with Crippen LogP contribution in [0.3, 0.4) is 0 Å². The zero-order valence-corrected chi connectivity index (χ0v) is 20.4. The lowest BCUT2D eigenvalue weighted by Gasteiger charge is -2.57. The maximum absolute atomic E-state index is 13.3. The van der Waals surface area contributed by atoms with E-state index in [1.165, 1.54) is 11.1 Å². The zero-order chi connectivity index (χ0) is 23.7. The first-order valence-corrected chi connectivity index (χ1v) is 12.1. The number of aliphatic hydroxyl groups is 1. The van der Waals surface area contributed by atoms with Gasteiger partial charge in [-0.15, -0.1) is 0 Å². The predicted octanol–water partition coefficient (Wildman–Crippen LogP) is 5.15. The molecule has 0 saturated heterocycles. The van der Waals surface area contributed by atoms with E-state index in [2.05, 4.69) is 39.5 Å². The molecule has 5 unspecified atom stereocenters. The van der Waals surface area contributed by atoms with E-state index < -0.39 is 17.5 Å². The second-order valence-electron chi connectivity index (χ2n) is 10.9. The summed E-state index contributed by atoms with van der Waals surface area (Å²) < 4.78 is 10.5. The molecule has 5 atom stereocenters. The fourth-order valence-corrected chi connectivity index (χ4v) is 6.27. The Morgan fingerprint density at radius 1 is 1.22 bits per heavy atom. The SMILES string of the molecule is C=C(C)C(=O)OCC(O)COC(=O)C1(C)CCCC2(C)C3CCC(C(C)C)=CC3=CCC12. The Balaban J connectivity index is 1.70. The lowest BCUT2D eigenvalue weighted by Crippen LogP contribution is -2.53. The fourth-order valence-electron chi connectivity index (χ4n) is 6.27. The largest absolute Gasteiger partial charge is 0.462 e. The van der Waals surface area contributed by atoms with Crippen LogP contribution in [0.15, 0.2) is 35.5 Å². The van der Waals surface area contributed by atoms with Crippen molar-refractivity contribution < 1.29 is 24.2 Å². The Kier molecular flexibility index (Phi) is 7.38. The van der Waals surface area contributed by atoms with Gasteiger partial charge in [0.25, 0.3) is 0 Å². The standard InChI is InChI=1S/C27H40O5/c1-17(2)19-8-10-22-20(14-19)9-11-23-26(22,5)12-7-13-27(23,6)25(30)32-16-21(28)15-31-24(29)18(3)4/h9,14,17,21-23,28H,3,7-8,10-13,15-16H2,1-2,4-6H3. The van der Waals surface area contributed by atoms with E-state index in [-0.39, 0.29) is 36.1 Å². The summed E-state index contributed by atoms with van der Waals surface area (Å²) in [6.07, 6.45) is 9.85. The summed E-state index contributed by atoms with van der Waals surface area (Å²) in [5.74, 6) is 0.484. The molecule has 3 rings (SSSR count). The van der Waals surface area contributed by atoms with Gasteiger partial charge in [-0.25, -0.2) is 4.79 Å². The number of carbonyl (C=O) groups excluding carboxylic acids is 2. The van der Waals surface area contributed by atoms with Crippen LogP contribution in [0.2, 0.25) is 0 Å². The molecule has 1 N–H and O–H groups in total. The Labute approximate surface area is 192 Å². The van der Waals surface area contributed by atoms with Gasteiger partial charge >= 0.3 is 11.9 Å². The van der Waals surface area contributed by atoms with E-state index >= 15 is 0 Å². The second-order valence-corrected chi connectivity index (χ2v) is 10.9. The van der Waals surface area contributed by atoms with Crippen LogP contribution in [0, 0.1) is 28.6 Å². The molecule has 0 aromatic heterocycles. The molecule has 0 aromatic carbocycles. The number of ether oxygens (including phenoxy) is 2. The molecule has 5 heteroatoms. The van der Waals surface area contributed by atoms with Crippen LogP contribution in [0.1, 0.15) is 73.1 Å². The Morgan fingerprint density at radius 3 is 2.56 bits per heavy atom. The number of fused-ring (bicyclic) bond motifs is 3. The third-order valence-corrected chi connectivity index (χ3v) is 8.21. The molecule has 3 aliphatic rings. The van der Waals surface area contributed by atoms with Crippen molar-refractivity contribution in [2.24, 2.45) is 28.6 Å². The zero-order valence-electron chi connectivity index (χ0n) is 20.4. The van der Waals surface area contributed by atoms with E-state index in [0.717, 1.165) is 38.5 Å². The van der Waals surface area contributed by atoms with Gasteiger partial charge in [0.15, 0.2) is 0 Å². The monoisotopic (exact) mass is 444 g/mol. The normalized spacial score (nSPS) is 32.7. The van der Waals surface area contributed by atoms with Gasteiger partial charge in [0.2, 0.25) is 0 Å². The van der Waals surface area contributed by atoms with Gasteiger partial charge in [0, 0.05) is 5.57 Å². The molecular weight excluding hydrogens is 404 g/mol. The summed E-state index contributed by atoms with van der Waals surface area (Å²) in [5.41, 5.74) is 2.77. The molecule has 32 heavy (non-hydrogen) atoms. The molecule has 0 spiro atoms. The van der Waals surface area contributed by atoms with Crippen LogP contribution in [-0.2, 0) is 19.1 Å². The maximum Gasteiger partial charge on any atom is 0.333 e. The van der Waals surface area contributed by atoms with Gasteiger partial charge in [-0.2, -0.15) is 0 Å². The Hall–Kier alpha value is -1.88. The predicted molar refractivity (Wildman–Crippen MR) is 125 cm³/mol. The van der Waals surface area contributed by atoms with Crippen LogP contribution in [0.5, 0.6) is 0 Å². The minimum Gasteiger partial charge on any atom is -0.462 e. The number of hydrogen-bond acceptors (Lipinski definition) is 5. The van der Waals surface area contributed by atoms with Gasteiger partial charge in [0.1, 0.15) is 19.3 Å². The van der Waals surface area contributed by atoms with E-state index in [4.69, 9.17) is 9.47 Å². The Bertz CT molecular complexity index is 822. The van der Waals surface area contributed by atoms with Gasteiger partial charge < -0.3 is 14.6 Å². The smallest absolute Gasteiger partial charge is 0.333 e. The third-order valence-electron chi connectivity index (χ3n) is 8.21. The summed E-state index contributed by atoms with van der Waals surface area (Å²) in [6, 6.07) is 0. The molecule has 1 fully saturated rings. The lowest BCUT2D eigenvalue weighted by molar-refractivity contribution is -0.173. The molecule has 5 nitrogen and oxygen atoms in total. The lowest BCUT2D eigenvalue weighted by atomic mass is 9.47. The number of aliphatic hydroxyl groups excluding tert-OH is 1. The van der Waals surface area contributed by atoms with Crippen LogP contribution in [-0.4, -0.2) is 36.4 Å². The van der Waals surface area contributed by atoms with Crippen LogP contribution < -0.4 is 0 Å². The summed E-state index contributed by atoms with van der Waals surface area (Å²) >= 11 is 0. The minimum absolute atomic E-state index is 0.0742. The average molecular weight is 445 g/mol. The molecule has 0 bridgehead atoms. The van der Waals surface area contributed by atoms with Gasteiger partial charge in [0.05, 0.1) is 5.41 Å². The topological polar surface area (TPSA) is 72.8 Å². The highest BCUT2D eigenvalue weighted by Gasteiger charge is 2.57. The van der Waals surface area contributed by atoms with E-state index in [9.17, 15) is 14.7 Å². The highest BCUT2D eigenvalue weighted by molar-refractivity contribution is 5.86. The van der Waals surface area contributed by atoms with Crippen LogP contribution >= 0.6 is 0 Å². The van der Waals surface area contributed by atoms with E-state index in [0.29, 0.717) is 11.8 Å². The number of hydrogen-bond donors (Lipinski definition) is 1. The second kappa shape index (κ2) is 9.54. The third kappa shape index (κ3) is 4.73. The first kappa shape index (κ1) is 24.8. The maximum atomic E-state index is 13.3. The van der Waals surface area contributed by atoms with Crippen molar-refractivity contribution in [3.05, 3.63) is 35.5 Å². The number of carbonyl (C=O) groups is 2.